The Balaban J connectivity index is 4.46. The second-order valence-corrected chi connectivity index (χ2v) is 16.0. The molecule has 62 heavy (non-hydrogen) atoms. The molecule has 0 amide bonds. The van der Waals surface area contributed by atoms with Gasteiger partial charge in [0.05, 0.1) is 0 Å². The first-order chi connectivity index (χ1) is 30.5. The summed E-state index contributed by atoms with van der Waals surface area (Å²) in [5, 5.41) is 0. The van der Waals surface area contributed by atoms with Gasteiger partial charge < -0.3 is 14.2 Å². The molecule has 0 bridgehead atoms. The average molecular weight is 859 g/mol. The van der Waals surface area contributed by atoms with E-state index < -0.39 is 6.10 Å². The fourth-order valence-electron chi connectivity index (χ4n) is 6.31. The summed E-state index contributed by atoms with van der Waals surface area (Å²) >= 11 is 0. The van der Waals surface area contributed by atoms with Crippen molar-refractivity contribution >= 4 is 17.9 Å². The monoisotopic (exact) mass is 859 g/mol. The number of carbonyl (C=O) groups excluding carboxylic acids is 3. The minimum atomic E-state index is -0.810. The maximum atomic E-state index is 12.8. The van der Waals surface area contributed by atoms with Crippen molar-refractivity contribution in [2.45, 2.75) is 213 Å². The third-order valence-electron chi connectivity index (χ3n) is 9.97. The van der Waals surface area contributed by atoms with E-state index in [1.54, 1.807) is 0 Å². The summed E-state index contributed by atoms with van der Waals surface area (Å²) in [7, 11) is 0. The molecular weight excluding hydrogens is 769 g/mol. The third kappa shape index (κ3) is 47.1. The van der Waals surface area contributed by atoms with Gasteiger partial charge in [-0.2, -0.15) is 0 Å². The van der Waals surface area contributed by atoms with Gasteiger partial charge in [-0.3, -0.25) is 14.4 Å². The molecule has 0 aromatic carbocycles. The van der Waals surface area contributed by atoms with Crippen molar-refractivity contribution in [2.24, 2.45) is 0 Å². The lowest BCUT2D eigenvalue weighted by Crippen LogP contribution is -2.30. The van der Waals surface area contributed by atoms with Gasteiger partial charge in [0, 0.05) is 19.3 Å². The second kappa shape index (κ2) is 49.7. The van der Waals surface area contributed by atoms with Crippen LogP contribution in [0.25, 0.3) is 0 Å². The van der Waals surface area contributed by atoms with Gasteiger partial charge in [0.1, 0.15) is 13.2 Å². The molecular formula is C56H90O6. The standard InChI is InChI=1S/C56H90O6/c1-4-7-10-13-16-19-22-24-26-27-28-29-31-32-34-37-40-43-46-49-55(58)61-52-53(51-60-54(57)48-45-42-39-36-21-18-15-12-9-6-3)62-56(59)50-47-44-41-38-35-33-30-25-23-20-17-14-11-8-5-2/h7-8,10-12,15-17,19-20,24-26,28-30,35,38,53H,4-6,9,13-14,18,21-23,27,31-34,36-37,39-52H2,1-3H3/b10-7-,11-8-,15-12-,19-16-,20-17-,26-24-,29-28-,30-25-,38-35-. The van der Waals surface area contributed by atoms with Crippen molar-refractivity contribution < 1.29 is 28.6 Å². The molecule has 6 nitrogen and oxygen atoms in total. The molecule has 1 atom stereocenters. The van der Waals surface area contributed by atoms with E-state index >= 15 is 0 Å². The number of esters is 3. The van der Waals surface area contributed by atoms with Gasteiger partial charge in [0.25, 0.3) is 0 Å². The Morgan fingerprint density at radius 2 is 0.629 bits per heavy atom. The molecule has 1 unspecified atom stereocenters. The molecule has 0 aromatic rings. The summed E-state index contributed by atoms with van der Waals surface area (Å²) in [6, 6.07) is 0. The molecule has 0 fully saturated rings. The Kier molecular flexibility index (Phi) is 46.6. The van der Waals surface area contributed by atoms with Crippen molar-refractivity contribution in [3.05, 3.63) is 109 Å². The summed E-state index contributed by atoms with van der Waals surface area (Å²) in [4.78, 5) is 37.9. The highest BCUT2D eigenvalue weighted by molar-refractivity contribution is 5.71. The van der Waals surface area contributed by atoms with E-state index in [0.29, 0.717) is 19.3 Å². The molecule has 0 saturated carbocycles. The van der Waals surface area contributed by atoms with Crippen LogP contribution in [0.1, 0.15) is 207 Å². The van der Waals surface area contributed by atoms with Crippen LogP contribution >= 0.6 is 0 Å². The lowest BCUT2D eigenvalue weighted by atomic mass is 10.1. The smallest absolute Gasteiger partial charge is 0.306 e. The number of carbonyl (C=O) groups is 3. The number of unbranched alkanes of at least 4 members (excludes halogenated alkanes) is 14. The summed E-state index contributed by atoms with van der Waals surface area (Å²) in [5.41, 5.74) is 0. The Bertz CT molecular complexity index is 1310. The van der Waals surface area contributed by atoms with Gasteiger partial charge in [-0.15, -0.1) is 0 Å². The van der Waals surface area contributed by atoms with E-state index in [1.807, 2.05) is 0 Å². The Morgan fingerprint density at radius 3 is 1.03 bits per heavy atom. The van der Waals surface area contributed by atoms with Crippen molar-refractivity contribution in [1.29, 1.82) is 0 Å². The van der Waals surface area contributed by atoms with Gasteiger partial charge in [0.2, 0.25) is 0 Å². The van der Waals surface area contributed by atoms with Gasteiger partial charge in [-0.25, -0.2) is 0 Å². The van der Waals surface area contributed by atoms with Crippen LogP contribution in [-0.2, 0) is 28.6 Å². The van der Waals surface area contributed by atoms with Gasteiger partial charge in [0.15, 0.2) is 6.10 Å². The lowest BCUT2D eigenvalue weighted by molar-refractivity contribution is -0.167. The molecule has 0 rings (SSSR count). The minimum Gasteiger partial charge on any atom is -0.462 e. The molecule has 0 N–H and O–H groups in total. The first-order valence-electron chi connectivity index (χ1n) is 24.9. The van der Waals surface area contributed by atoms with Crippen LogP contribution in [0.5, 0.6) is 0 Å². The molecule has 350 valence electrons. The molecule has 0 heterocycles. The maximum Gasteiger partial charge on any atom is 0.306 e. The zero-order valence-electron chi connectivity index (χ0n) is 39.8. The van der Waals surface area contributed by atoms with E-state index in [4.69, 9.17) is 14.2 Å². The Morgan fingerprint density at radius 1 is 0.339 bits per heavy atom. The molecule has 0 aromatic heterocycles. The molecule has 0 aliphatic heterocycles. The first kappa shape index (κ1) is 58.1. The summed E-state index contributed by atoms with van der Waals surface area (Å²) < 4.78 is 16.7. The van der Waals surface area contributed by atoms with Crippen molar-refractivity contribution in [3.8, 4) is 0 Å². The first-order valence-corrected chi connectivity index (χ1v) is 24.9. The van der Waals surface area contributed by atoms with Gasteiger partial charge in [-0.1, -0.05) is 182 Å². The quantitative estimate of drug-likeness (QED) is 0.0263. The van der Waals surface area contributed by atoms with Crippen LogP contribution in [0.3, 0.4) is 0 Å². The highest BCUT2D eigenvalue weighted by atomic mass is 16.6. The third-order valence-corrected chi connectivity index (χ3v) is 9.97. The van der Waals surface area contributed by atoms with Crippen molar-refractivity contribution in [1.82, 2.24) is 0 Å². The van der Waals surface area contributed by atoms with Gasteiger partial charge in [-0.05, 0) is 116 Å². The van der Waals surface area contributed by atoms with Crippen LogP contribution < -0.4 is 0 Å². The lowest BCUT2D eigenvalue weighted by Gasteiger charge is -2.18. The highest BCUT2D eigenvalue weighted by Crippen LogP contribution is 2.12. The largest absolute Gasteiger partial charge is 0.462 e. The van der Waals surface area contributed by atoms with E-state index in [-0.39, 0.29) is 37.5 Å². The zero-order valence-corrected chi connectivity index (χ0v) is 39.8. The number of rotatable bonds is 43. The van der Waals surface area contributed by atoms with Crippen LogP contribution in [-0.4, -0.2) is 37.2 Å². The van der Waals surface area contributed by atoms with E-state index in [9.17, 15) is 14.4 Å². The average Bonchev–Trinajstić information content (AvgIpc) is 3.27. The van der Waals surface area contributed by atoms with E-state index in [2.05, 4.69) is 130 Å². The molecule has 0 spiro atoms. The molecule has 6 heteroatoms. The summed E-state index contributed by atoms with van der Waals surface area (Å²) in [6.07, 6.45) is 66.5. The normalized spacial score (nSPS) is 13.0. The van der Waals surface area contributed by atoms with Gasteiger partial charge >= 0.3 is 17.9 Å². The molecule has 0 saturated heterocycles. The van der Waals surface area contributed by atoms with E-state index in [0.717, 1.165) is 135 Å². The Labute approximate surface area is 380 Å². The van der Waals surface area contributed by atoms with Crippen LogP contribution in [0, 0.1) is 0 Å². The van der Waals surface area contributed by atoms with Crippen molar-refractivity contribution in [3.63, 3.8) is 0 Å². The summed E-state index contributed by atoms with van der Waals surface area (Å²) in [5.74, 6) is -0.981. The molecule has 0 radical (unpaired) electrons. The topological polar surface area (TPSA) is 78.9 Å². The molecule has 0 aliphatic carbocycles. The summed E-state index contributed by atoms with van der Waals surface area (Å²) in [6.45, 7) is 6.27. The second-order valence-electron chi connectivity index (χ2n) is 16.0. The predicted octanol–water partition coefficient (Wildman–Crippen LogP) is 16.4. The SMILES string of the molecule is CC/C=C\C/C=C\C/C=C\C/C=C\CCCCCCCCC(=O)OCC(COC(=O)CCCCCCC/C=C\CCC)OC(=O)CCCC/C=C\C/C=C\C/C=C\C/C=C\CC. The van der Waals surface area contributed by atoms with Crippen LogP contribution in [0.15, 0.2) is 109 Å². The zero-order chi connectivity index (χ0) is 45.1. The molecule has 0 aliphatic rings. The maximum absolute atomic E-state index is 12.8. The predicted molar refractivity (Wildman–Crippen MR) is 265 cm³/mol. The van der Waals surface area contributed by atoms with E-state index in [1.165, 1.54) is 25.7 Å². The van der Waals surface area contributed by atoms with Crippen LogP contribution in [0.4, 0.5) is 0 Å². The number of ether oxygens (including phenoxy) is 3. The number of allylic oxidation sites excluding steroid dienone is 18. The fourth-order valence-corrected chi connectivity index (χ4v) is 6.31. The Hall–Kier alpha value is -3.93. The fraction of sp³-hybridized carbons (Fsp3) is 0.625. The highest BCUT2D eigenvalue weighted by Gasteiger charge is 2.19. The van der Waals surface area contributed by atoms with Crippen molar-refractivity contribution in [2.75, 3.05) is 13.2 Å². The van der Waals surface area contributed by atoms with Crippen LogP contribution in [0.2, 0.25) is 0 Å². The number of hydrogen-bond donors (Lipinski definition) is 0. The number of hydrogen-bond acceptors (Lipinski definition) is 6. The minimum absolute atomic E-state index is 0.106.